The third kappa shape index (κ3) is 6.20. The Morgan fingerprint density at radius 3 is 2.67 bits per heavy atom. The van der Waals surface area contributed by atoms with Gasteiger partial charge < -0.3 is 20.3 Å². The number of nitrogens with zero attached hydrogens (tertiary/aromatic N) is 1. The van der Waals surface area contributed by atoms with Crippen LogP contribution >= 0.6 is 0 Å². The van der Waals surface area contributed by atoms with Crippen LogP contribution in [0.5, 0.6) is 17.2 Å². The predicted octanol–water partition coefficient (Wildman–Crippen LogP) is 1.39. The van der Waals surface area contributed by atoms with Crippen LogP contribution in [0.2, 0.25) is 0 Å². The van der Waals surface area contributed by atoms with Gasteiger partial charge in [0.1, 0.15) is 17.2 Å². The molecule has 27 heavy (non-hydrogen) atoms. The van der Waals surface area contributed by atoms with E-state index in [1.807, 2.05) is 12.1 Å². The van der Waals surface area contributed by atoms with Gasteiger partial charge in [0, 0.05) is 23.3 Å². The van der Waals surface area contributed by atoms with Crippen LogP contribution in [-0.4, -0.2) is 41.9 Å². The van der Waals surface area contributed by atoms with E-state index in [2.05, 4.69) is 15.8 Å². The van der Waals surface area contributed by atoms with Crippen molar-refractivity contribution in [2.24, 2.45) is 5.10 Å². The second kappa shape index (κ2) is 9.62. The summed E-state index contributed by atoms with van der Waals surface area (Å²) >= 11 is 0. The van der Waals surface area contributed by atoms with Gasteiger partial charge in [-0.25, -0.2) is 5.43 Å². The molecule has 0 heterocycles. The highest BCUT2D eigenvalue weighted by Gasteiger charge is 2.04. The summed E-state index contributed by atoms with van der Waals surface area (Å²) in [5.41, 5.74) is 3.27. The number of nitrogens with one attached hydrogen (secondary N) is 2. The molecular weight excluding hydrogens is 350 g/mol. The van der Waals surface area contributed by atoms with Gasteiger partial charge in [0.15, 0.2) is 0 Å². The maximum absolute atomic E-state index is 11.8. The molecule has 140 valence electrons. The number of ether oxygens (including phenoxy) is 1. The largest absolute Gasteiger partial charge is 0.508 e. The fourth-order valence-electron chi connectivity index (χ4n) is 2.05. The number of phenolic OH excluding ortho intramolecular Hbond substituents is 2. The summed E-state index contributed by atoms with van der Waals surface area (Å²) in [6.45, 7) is -0.270. The number of hydrogen-bond donors (Lipinski definition) is 4. The first-order valence-corrected chi connectivity index (χ1v) is 7.92. The third-order valence-electron chi connectivity index (χ3n) is 3.38. The summed E-state index contributed by atoms with van der Waals surface area (Å²) in [6.07, 6.45) is 4.09. The van der Waals surface area contributed by atoms with Crippen LogP contribution in [0.15, 0.2) is 53.6 Å². The van der Waals surface area contributed by atoms with Gasteiger partial charge in [0.05, 0.1) is 19.9 Å². The Hall–Kier alpha value is -3.81. The van der Waals surface area contributed by atoms with Crippen molar-refractivity contribution in [3.63, 3.8) is 0 Å². The maximum Gasteiger partial charge on any atom is 0.259 e. The highest BCUT2D eigenvalue weighted by molar-refractivity contribution is 5.94. The zero-order valence-electron chi connectivity index (χ0n) is 14.5. The van der Waals surface area contributed by atoms with E-state index in [1.165, 1.54) is 31.5 Å². The summed E-state index contributed by atoms with van der Waals surface area (Å²) in [6, 6.07) is 11.2. The van der Waals surface area contributed by atoms with Gasteiger partial charge in [-0.05, 0) is 24.3 Å². The minimum absolute atomic E-state index is 0.0856. The lowest BCUT2D eigenvalue weighted by Crippen LogP contribution is -2.34. The van der Waals surface area contributed by atoms with Crippen LogP contribution in [0.25, 0.3) is 6.08 Å². The maximum atomic E-state index is 11.8. The molecule has 0 radical (unpaired) electrons. The molecule has 0 fully saturated rings. The molecule has 0 aliphatic carbocycles. The zero-order valence-corrected chi connectivity index (χ0v) is 14.5. The average Bonchev–Trinajstić information content (AvgIpc) is 2.66. The van der Waals surface area contributed by atoms with Gasteiger partial charge in [0.25, 0.3) is 5.91 Å². The van der Waals surface area contributed by atoms with E-state index in [0.29, 0.717) is 11.3 Å². The molecule has 0 saturated heterocycles. The van der Waals surface area contributed by atoms with Gasteiger partial charge >= 0.3 is 0 Å². The molecule has 0 aliphatic rings. The molecule has 2 rings (SSSR count). The number of aromatic hydroxyl groups is 2. The molecule has 8 nitrogen and oxygen atoms in total. The van der Waals surface area contributed by atoms with Gasteiger partial charge in [-0.1, -0.05) is 18.2 Å². The number of carbonyl (C=O) groups excluding carboxylic acids is 2. The number of amides is 2. The number of carbonyl (C=O) groups is 2. The monoisotopic (exact) mass is 369 g/mol. The lowest BCUT2D eigenvalue weighted by atomic mass is 10.2. The predicted molar refractivity (Wildman–Crippen MR) is 101 cm³/mol. The Bertz CT molecular complexity index is 877. The first kappa shape index (κ1) is 19.5. The van der Waals surface area contributed by atoms with E-state index in [-0.39, 0.29) is 18.0 Å². The Balaban J connectivity index is 1.80. The van der Waals surface area contributed by atoms with Gasteiger partial charge in [-0.15, -0.1) is 0 Å². The Kier molecular flexibility index (Phi) is 6.95. The van der Waals surface area contributed by atoms with Crippen molar-refractivity contribution >= 4 is 24.1 Å². The fraction of sp³-hybridized carbons (Fsp3) is 0.105. The smallest absolute Gasteiger partial charge is 0.259 e. The van der Waals surface area contributed by atoms with Crippen molar-refractivity contribution < 1.29 is 24.5 Å². The molecule has 0 bridgehead atoms. The molecule has 0 spiro atoms. The third-order valence-corrected chi connectivity index (χ3v) is 3.38. The average molecular weight is 369 g/mol. The highest BCUT2D eigenvalue weighted by atomic mass is 16.5. The van der Waals surface area contributed by atoms with E-state index in [1.54, 1.807) is 18.2 Å². The van der Waals surface area contributed by atoms with Gasteiger partial charge in [-0.3, -0.25) is 9.59 Å². The van der Waals surface area contributed by atoms with E-state index in [4.69, 9.17) is 4.74 Å². The summed E-state index contributed by atoms with van der Waals surface area (Å²) < 4.78 is 5.18. The summed E-state index contributed by atoms with van der Waals surface area (Å²) in [4.78, 5) is 23.4. The summed E-state index contributed by atoms with van der Waals surface area (Å²) in [7, 11) is 1.54. The Morgan fingerprint density at radius 1 is 1.15 bits per heavy atom. The van der Waals surface area contributed by atoms with Crippen LogP contribution in [0.4, 0.5) is 0 Å². The number of phenols is 2. The number of para-hydroxylation sites is 1. The Labute approximate surface area is 155 Å². The van der Waals surface area contributed by atoms with E-state index in [9.17, 15) is 19.8 Å². The van der Waals surface area contributed by atoms with Crippen LogP contribution < -0.4 is 15.5 Å². The molecule has 0 aliphatic heterocycles. The second-order valence-electron chi connectivity index (χ2n) is 5.33. The first-order valence-electron chi connectivity index (χ1n) is 7.92. The lowest BCUT2D eigenvalue weighted by molar-refractivity contribution is -0.123. The molecule has 0 aromatic heterocycles. The van der Waals surface area contributed by atoms with Crippen molar-refractivity contribution in [1.82, 2.24) is 10.7 Å². The molecule has 0 unspecified atom stereocenters. The number of hydrazone groups is 1. The summed E-state index contributed by atoms with van der Waals surface area (Å²) in [5, 5.41) is 24.9. The molecule has 0 atom stereocenters. The van der Waals surface area contributed by atoms with Gasteiger partial charge in [0.2, 0.25) is 5.91 Å². The SMILES string of the molecule is COc1ccccc1/C=C\C(=O)NCC(=O)N/N=C\c1ccc(O)cc1O. The highest BCUT2D eigenvalue weighted by Crippen LogP contribution is 2.20. The first-order chi connectivity index (χ1) is 13.0. The van der Waals surface area contributed by atoms with Crippen LogP contribution in [0.3, 0.4) is 0 Å². The number of hydrogen-bond acceptors (Lipinski definition) is 6. The quantitative estimate of drug-likeness (QED) is 0.334. The fourth-order valence-corrected chi connectivity index (χ4v) is 2.05. The summed E-state index contributed by atoms with van der Waals surface area (Å²) in [5.74, 6) is -0.619. The molecular formula is C19H19N3O5. The molecule has 2 amide bonds. The zero-order chi connectivity index (χ0) is 19.6. The van der Waals surface area contributed by atoms with Crippen molar-refractivity contribution in [3.8, 4) is 17.2 Å². The molecule has 4 N–H and O–H groups in total. The number of benzene rings is 2. The Morgan fingerprint density at radius 2 is 1.93 bits per heavy atom. The molecule has 0 saturated carbocycles. The normalized spacial score (nSPS) is 10.9. The number of methoxy groups -OCH3 is 1. The van der Waals surface area contributed by atoms with Crippen LogP contribution in [-0.2, 0) is 9.59 Å². The van der Waals surface area contributed by atoms with E-state index in [0.717, 1.165) is 11.6 Å². The van der Waals surface area contributed by atoms with E-state index < -0.39 is 11.8 Å². The second-order valence-corrected chi connectivity index (χ2v) is 5.33. The lowest BCUT2D eigenvalue weighted by Gasteiger charge is -2.04. The van der Waals surface area contributed by atoms with Crippen molar-refractivity contribution in [1.29, 1.82) is 0 Å². The standard InChI is InChI=1S/C19H19N3O5/c1-27-17-5-3-2-4-13(17)7-9-18(25)20-12-19(26)22-21-11-14-6-8-15(23)10-16(14)24/h2-11,23-24H,12H2,1H3,(H,20,25)(H,22,26)/b9-7-,21-11-. The van der Waals surface area contributed by atoms with Gasteiger partial charge in [-0.2, -0.15) is 5.10 Å². The minimum Gasteiger partial charge on any atom is -0.508 e. The minimum atomic E-state index is -0.538. The molecule has 2 aromatic rings. The van der Waals surface area contributed by atoms with Crippen LogP contribution in [0, 0.1) is 0 Å². The molecule has 2 aromatic carbocycles. The van der Waals surface area contributed by atoms with Crippen molar-refractivity contribution in [3.05, 3.63) is 59.7 Å². The number of rotatable bonds is 7. The molecule has 8 heteroatoms. The van der Waals surface area contributed by atoms with Crippen LogP contribution in [0.1, 0.15) is 11.1 Å². The topological polar surface area (TPSA) is 120 Å². The van der Waals surface area contributed by atoms with Crippen molar-refractivity contribution in [2.45, 2.75) is 0 Å². The van der Waals surface area contributed by atoms with E-state index >= 15 is 0 Å². The van der Waals surface area contributed by atoms with Crippen molar-refractivity contribution in [2.75, 3.05) is 13.7 Å².